The quantitative estimate of drug-likeness (QED) is 0.821. The molecule has 0 atom stereocenters. The normalized spacial score (nSPS) is 17.6. The summed E-state index contributed by atoms with van der Waals surface area (Å²) in [6.07, 6.45) is 2.12. The van der Waals surface area contributed by atoms with Gasteiger partial charge >= 0.3 is 0 Å². The molecule has 2 aromatic rings. The molecule has 1 aromatic carbocycles. The van der Waals surface area contributed by atoms with Crippen LogP contribution in [0.5, 0.6) is 0 Å². The van der Waals surface area contributed by atoms with E-state index in [-0.39, 0.29) is 5.91 Å². The Morgan fingerprint density at radius 2 is 1.96 bits per heavy atom. The predicted octanol–water partition coefficient (Wildman–Crippen LogP) is 4.34. The van der Waals surface area contributed by atoms with Crippen molar-refractivity contribution >= 4 is 28.7 Å². The third-order valence-electron chi connectivity index (χ3n) is 4.27. The van der Waals surface area contributed by atoms with Crippen LogP contribution in [0.1, 0.15) is 40.5 Å². The van der Waals surface area contributed by atoms with E-state index in [1.165, 1.54) is 11.3 Å². The number of nitrogens with zero attached hydrogens (tertiary/aromatic N) is 2. The molecule has 1 N–H and O–H groups in total. The molecule has 1 aliphatic rings. The maximum Gasteiger partial charge on any atom is 0.268 e. The number of carbonyl (C=O) groups excluding carboxylic acids is 1. The lowest BCUT2D eigenvalue weighted by molar-refractivity contribution is 0.0980. The van der Waals surface area contributed by atoms with Crippen molar-refractivity contribution in [1.82, 2.24) is 10.3 Å². The fourth-order valence-electron chi connectivity index (χ4n) is 2.77. The Morgan fingerprint density at radius 1 is 1.23 bits per heavy atom. The van der Waals surface area contributed by atoms with Crippen LogP contribution in [-0.2, 0) is 4.74 Å². The molecule has 1 aliphatic heterocycles. The van der Waals surface area contributed by atoms with Crippen LogP contribution in [0.25, 0.3) is 5.57 Å². The first-order valence-corrected chi connectivity index (χ1v) is 9.13. The van der Waals surface area contributed by atoms with Gasteiger partial charge in [0, 0.05) is 12.0 Å². The Bertz CT molecular complexity index is 924. The van der Waals surface area contributed by atoms with Gasteiger partial charge in [0.1, 0.15) is 10.7 Å². The fourth-order valence-corrected chi connectivity index (χ4v) is 3.45. The average molecular weight is 367 g/mol. The first-order chi connectivity index (χ1) is 12.5. The summed E-state index contributed by atoms with van der Waals surface area (Å²) in [5, 5.41) is 3.77. The molecular weight excluding hydrogens is 346 g/mol. The Balaban J connectivity index is 1.94. The van der Waals surface area contributed by atoms with Crippen LogP contribution in [0.2, 0.25) is 0 Å². The van der Waals surface area contributed by atoms with Gasteiger partial charge < -0.3 is 10.1 Å². The first kappa shape index (κ1) is 18.1. The zero-order valence-corrected chi connectivity index (χ0v) is 16.1. The van der Waals surface area contributed by atoms with Crippen LogP contribution in [0.15, 0.2) is 58.6 Å². The van der Waals surface area contributed by atoms with Crippen LogP contribution in [0, 0.1) is 6.92 Å². The van der Waals surface area contributed by atoms with E-state index in [1.54, 1.807) is 13.3 Å². The summed E-state index contributed by atoms with van der Waals surface area (Å²) in [6, 6.07) is 10.1. The van der Waals surface area contributed by atoms with Crippen molar-refractivity contribution in [3.8, 4) is 0 Å². The van der Waals surface area contributed by atoms with E-state index >= 15 is 0 Å². The molecule has 0 spiro atoms. The van der Waals surface area contributed by atoms with E-state index in [0.29, 0.717) is 17.1 Å². The van der Waals surface area contributed by atoms with E-state index in [0.717, 1.165) is 33.2 Å². The summed E-state index contributed by atoms with van der Waals surface area (Å²) in [7, 11) is 1.65. The molecule has 0 saturated heterocycles. The molecule has 1 amide bonds. The number of thiazole rings is 1. The number of ether oxygens (including phenoxy) is 1. The Kier molecular flexibility index (Phi) is 5.32. The number of hydrogen-bond acceptors (Lipinski definition) is 5. The highest BCUT2D eigenvalue weighted by Gasteiger charge is 2.25. The number of nitrogens with one attached hydrogen (secondary N) is 1. The second-order valence-electron chi connectivity index (χ2n) is 6.01. The molecular formula is C20H21N3O2S. The highest BCUT2D eigenvalue weighted by molar-refractivity contribution is 7.13. The number of carbonyl (C=O) groups is 1. The number of allylic oxidation sites excluding steroid dienone is 3. The topological polar surface area (TPSA) is 63.6 Å². The van der Waals surface area contributed by atoms with E-state index in [1.807, 2.05) is 51.1 Å². The molecule has 0 saturated carbocycles. The molecule has 0 unspecified atom stereocenters. The third-order valence-corrected chi connectivity index (χ3v) is 5.18. The maximum absolute atomic E-state index is 12.4. The van der Waals surface area contributed by atoms with E-state index in [9.17, 15) is 4.79 Å². The van der Waals surface area contributed by atoms with Crippen molar-refractivity contribution in [1.29, 1.82) is 0 Å². The minimum Gasteiger partial charge on any atom is -0.501 e. The second kappa shape index (κ2) is 7.66. The number of aryl methyl sites for hydroxylation is 1. The molecule has 134 valence electrons. The van der Waals surface area contributed by atoms with Crippen molar-refractivity contribution < 1.29 is 9.53 Å². The zero-order chi connectivity index (χ0) is 18.7. The Hall–Kier alpha value is -2.73. The average Bonchev–Trinajstić information content (AvgIpc) is 3.27. The number of aromatic nitrogens is 1. The van der Waals surface area contributed by atoms with Crippen LogP contribution in [0.4, 0.5) is 0 Å². The SMILES string of the molecule is CO/C(C)=C1\CC(NC(=O)c2cnc(C)s2)=N\C1=C(\C)c1ccccc1. The van der Waals surface area contributed by atoms with Gasteiger partial charge in [0.05, 0.1) is 29.8 Å². The van der Waals surface area contributed by atoms with Gasteiger partial charge in [-0.25, -0.2) is 9.98 Å². The second-order valence-corrected chi connectivity index (χ2v) is 7.25. The van der Waals surface area contributed by atoms with Gasteiger partial charge in [-0.05, 0) is 31.9 Å². The molecule has 5 nitrogen and oxygen atoms in total. The minimum absolute atomic E-state index is 0.178. The van der Waals surface area contributed by atoms with Gasteiger partial charge in [0.15, 0.2) is 0 Å². The molecule has 2 heterocycles. The number of amides is 1. The van der Waals surface area contributed by atoms with Gasteiger partial charge in [-0.15, -0.1) is 11.3 Å². The number of benzene rings is 1. The molecule has 3 rings (SSSR count). The number of hydrogen-bond donors (Lipinski definition) is 1. The van der Waals surface area contributed by atoms with Gasteiger partial charge in [0.2, 0.25) is 0 Å². The van der Waals surface area contributed by atoms with E-state index in [4.69, 9.17) is 9.73 Å². The summed E-state index contributed by atoms with van der Waals surface area (Å²) in [5.41, 5.74) is 3.99. The van der Waals surface area contributed by atoms with Crippen LogP contribution in [-0.4, -0.2) is 23.8 Å². The third kappa shape index (κ3) is 3.75. The van der Waals surface area contributed by atoms with Gasteiger partial charge in [0.25, 0.3) is 5.91 Å². The first-order valence-electron chi connectivity index (χ1n) is 8.31. The van der Waals surface area contributed by atoms with Crippen LogP contribution >= 0.6 is 11.3 Å². The monoisotopic (exact) mass is 367 g/mol. The van der Waals surface area contributed by atoms with Gasteiger partial charge in [-0.1, -0.05) is 30.3 Å². The summed E-state index contributed by atoms with van der Waals surface area (Å²) in [5.74, 6) is 1.25. The van der Waals surface area contributed by atoms with Crippen LogP contribution in [0.3, 0.4) is 0 Å². The van der Waals surface area contributed by atoms with Crippen molar-refractivity contribution in [2.24, 2.45) is 4.99 Å². The van der Waals surface area contributed by atoms with E-state index < -0.39 is 0 Å². The zero-order valence-electron chi connectivity index (χ0n) is 15.3. The highest BCUT2D eigenvalue weighted by Crippen LogP contribution is 2.33. The summed E-state index contributed by atoms with van der Waals surface area (Å²) in [4.78, 5) is 21.8. The molecule has 0 bridgehead atoms. The number of amidine groups is 1. The molecule has 0 aliphatic carbocycles. The largest absolute Gasteiger partial charge is 0.501 e. The molecule has 0 fully saturated rings. The van der Waals surface area contributed by atoms with Crippen molar-refractivity contribution in [2.45, 2.75) is 27.2 Å². The van der Waals surface area contributed by atoms with Gasteiger partial charge in [-0.3, -0.25) is 4.79 Å². The van der Waals surface area contributed by atoms with Gasteiger partial charge in [-0.2, -0.15) is 0 Å². The highest BCUT2D eigenvalue weighted by atomic mass is 32.1. The smallest absolute Gasteiger partial charge is 0.268 e. The molecule has 6 heteroatoms. The minimum atomic E-state index is -0.178. The standard InChI is InChI=1S/C20H21N3O2S/c1-12(15-8-6-5-7-9-15)19-16(13(2)25-4)10-18(22-19)23-20(24)17-11-21-14(3)26-17/h5-9,11H,10H2,1-4H3,(H,22,23,24)/b16-13+,19-12-. The van der Waals surface area contributed by atoms with E-state index in [2.05, 4.69) is 10.3 Å². The molecule has 1 aromatic heterocycles. The Labute approximate surface area is 157 Å². The predicted molar refractivity (Wildman–Crippen MR) is 105 cm³/mol. The number of aliphatic imine (C=N–C) groups is 1. The van der Waals surface area contributed by atoms with Crippen LogP contribution < -0.4 is 5.32 Å². The van der Waals surface area contributed by atoms with Crippen molar-refractivity contribution in [3.05, 3.63) is 69.0 Å². The van der Waals surface area contributed by atoms with Crippen molar-refractivity contribution in [3.63, 3.8) is 0 Å². The lowest BCUT2D eigenvalue weighted by Gasteiger charge is -2.09. The van der Waals surface area contributed by atoms with Crippen molar-refractivity contribution in [2.75, 3.05) is 7.11 Å². The maximum atomic E-state index is 12.4. The lowest BCUT2D eigenvalue weighted by atomic mass is 10.0. The summed E-state index contributed by atoms with van der Waals surface area (Å²) in [6.45, 7) is 5.83. The Morgan fingerprint density at radius 3 is 2.58 bits per heavy atom. The lowest BCUT2D eigenvalue weighted by Crippen LogP contribution is -2.28. The number of methoxy groups -OCH3 is 1. The summed E-state index contributed by atoms with van der Waals surface area (Å²) >= 11 is 1.37. The summed E-state index contributed by atoms with van der Waals surface area (Å²) < 4.78 is 5.44. The molecule has 0 radical (unpaired) electrons. The number of rotatable bonds is 3. The molecule has 26 heavy (non-hydrogen) atoms. The fraction of sp³-hybridized carbons (Fsp3) is 0.250.